The third-order valence-electron chi connectivity index (χ3n) is 1.75. The van der Waals surface area contributed by atoms with Crippen molar-refractivity contribution in [3.63, 3.8) is 0 Å². The number of hydrogen-bond acceptors (Lipinski definition) is 1. The number of nitriles is 1. The number of rotatable bonds is 1. The molecule has 0 unspecified atom stereocenters. The molecule has 80 valence electrons. The zero-order chi connectivity index (χ0) is 11.6. The average molecular weight is 390 g/mol. The quantitative estimate of drug-likeness (QED) is 0.662. The molecule has 0 aliphatic heterocycles. The molecule has 0 aliphatic rings. The van der Waals surface area contributed by atoms with Gasteiger partial charge in [0, 0.05) is 8.04 Å². The first-order valence-corrected chi connectivity index (χ1v) is 5.66. The van der Waals surface area contributed by atoms with Gasteiger partial charge in [-0.05, 0) is 56.2 Å². The summed E-state index contributed by atoms with van der Waals surface area (Å²) >= 11 is 4.80. The first kappa shape index (κ1) is 12.8. The summed E-state index contributed by atoms with van der Waals surface area (Å²) in [6.07, 6.45) is -4.43. The van der Waals surface area contributed by atoms with Crippen molar-refractivity contribution in [1.29, 1.82) is 5.26 Å². The first-order valence-electron chi connectivity index (χ1n) is 3.79. The Morgan fingerprint density at radius 1 is 1.40 bits per heavy atom. The third kappa shape index (κ3) is 2.84. The lowest BCUT2D eigenvalue weighted by molar-refractivity contribution is -0.138. The van der Waals surface area contributed by atoms with Gasteiger partial charge in [0.15, 0.2) is 0 Å². The van der Waals surface area contributed by atoms with Crippen LogP contribution in [0.15, 0.2) is 16.6 Å². The van der Waals surface area contributed by atoms with E-state index in [-0.39, 0.29) is 10.9 Å². The molecule has 0 fully saturated rings. The van der Waals surface area contributed by atoms with Crippen LogP contribution in [0.5, 0.6) is 0 Å². The van der Waals surface area contributed by atoms with Gasteiger partial charge in [0.1, 0.15) is 0 Å². The van der Waals surface area contributed by atoms with Gasteiger partial charge >= 0.3 is 6.18 Å². The smallest absolute Gasteiger partial charge is 0.198 e. The maximum atomic E-state index is 12.5. The van der Waals surface area contributed by atoms with E-state index in [1.807, 2.05) is 28.7 Å². The van der Waals surface area contributed by atoms with Crippen molar-refractivity contribution in [3.05, 3.63) is 31.3 Å². The Bertz CT molecular complexity index is 423. The van der Waals surface area contributed by atoms with Crippen molar-refractivity contribution >= 4 is 38.5 Å². The highest BCUT2D eigenvalue weighted by atomic mass is 127. The minimum Gasteiger partial charge on any atom is -0.198 e. The standard InChI is InChI=1S/C9H4BrF3IN/c10-8-5(3-4-15)7(14)2-1-6(8)9(11,12)13/h1-2H,3H2. The monoisotopic (exact) mass is 389 g/mol. The minimum absolute atomic E-state index is 0.0385. The summed E-state index contributed by atoms with van der Waals surface area (Å²) in [6, 6.07) is 4.21. The zero-order valence-electron chi connectivity index (χ0n) is 7.20. The molecule has 6 heteroatoms. The molecular formula is C9H4BrF3IN. The van der Waals surface area contributed by atoms with Gasteiger partial charge in [-0.3, -0.25) is 0 Å². The molecule has 0 bridgehead atoms. The summed E-state index contributed by atoms with van der Waals surface area (Å²) in [7, 11) is 0. The van der Waals surface area contributed by atoms with E-state index in [1.54, 1.807) is 0 Å². The molecule has 0 saturated carbocycles. The van der Waals surface area contributed by atoms with Gasteiger partial charge in [-0.1, -0.05) is 0 Å². The maximum Gasteiger partial charge on any atom is 0.417 e. The molecule has 1 aromatic carbocycles. The van der Waals surface area contributed by atoms with Crippen LogP contribution in [0.2, 0.25) is 0 Å². The second-order valence-electron chi connectivity index (χ2n) is 2.72. The molecule has 0 spiro atoms. The highest BCUT2D eigenvalue weighted by Gasteiger charge is 2.34. The van der Waals surface area contributed by atoms with Gasteiger partial charge in [-0.2, -0.15) is 18.4 Å². The third-order valence-corrected chi connectivity index (χ3v) is 3.66. The lowest BCUT2D eigenvalue weighted by Gasteiger charge is -2.12. The van der Waals surface area contributed by atoms with Crippen molar-refractivity contribution < 1.29 is 13.2 Å². The molecule has 1 nitrogen and oxygen atoms in total. The lowest BCUT2D eigenvalue weighted by Crippen LogP contribution is -2.08. The summed E-state index contributed by atoms with van der Waals surface area (Å²) in [5.74, 6) is 0. The van der Waals surface area contributed by atoms with Crippen LogP contribution in [0.1, 0.15) is 11.1 Å². The topological polar surface area (TPSA) is 23.8 Å². The lowest BCUT2D eigenvalue weighted by atomic mass is 10.1. The summed E-state index contributed by atoms with van der Waals surface area (Å²) in [4.78, 5) is 0. The fourth-order valence-electron chi connectivity index (χ4n) is 1.06. The molecule has 15 heavy (non-hydrogen) atoms. The highest BCUT2D eigenvalue weighted by Crippen LogP contribution is 2.38. The fourth-order valence-corrected chi connectivity index (χ4v) is 2.78. The number of halogens is 5. The Kier molecular flexibility index (Phi) is 4.00. The number of nitrogens with zero attached hydrogens (tertiary/aromatic N) is 1. The Morgan fingerprint density at radius 3 is 2.47 bits per heavy atom. The van der Waals surface area contributed by atoms with E-state index in [9.17, 15) is 13.2 Å². The van der Waals surface area contributed by atoms with Crippen molar-refractivity contribution in [2.24, 2.45) is 0 Å². The molecule has 0 heterocycles. The van der Waals surface area contributed by atoms with Gasteiger partial charge in [0.25, 0.3) is 0 Å². The largest absolute Gasteiger partial charge is 0.417 e. The molecule has 0 radical (unpaired) electrons. The molecule has 0 N–H and O–H groups in total. The molecule has 0 saturated heterocycles. The van der Waals surface area contributed by atoms with E-state index in [4.69, 9.17) is 5.26 Å². The van der Waals surface area contributed by atoms with E-state index in [0.29, 0.717) is 9.13 Å². The molecular weight excluding hydrogens is 386 g/mol. The predicted octanol–water partition coefficient (Wildman–Crippen LogP) is 4.14. The van der Waals surface area contributed by atoms with Crippen LogP contribution < -0.4 is 0 Å². The van der Waals surface area contributed by atoms with Crippen LogP contribution >= 0.6 is 38.5 Å². The molecule has 0 aliphatic carbocycles. The normalized spacial score (nSPS) is 11.2. The van der Waals surface area contributed by atoms with Gasteiger partial charge < -0.3 is 0 Å². The maximum absolute atomic E-state index is 12.5. The van der Waals surface area contributed by atoms with Gasteiger partial charge in [0.05, 0.1) is 18.1 Å². The summed E-state index contributed by atoms with van der Waals surface area (Å²) in [5.41, 5.74) is -0.360. The molecule has 1 rings (SSSR count). The van der Waals surface area contributed by atoms with Crippen molar-refractivity contribution in [2.45, 2.75) is 12.6 Å². The van der Waals surface area contributed by atoms with E-state index in [2.05, 4.69) is 15.9 Å². The predicted molar refractivity (Wildman–Crippen MR) is 61.2 cm³/mol. The zero-order valence-corrected chi connectivity index (χ0v) is 10.9. The number of alkyl halides is 3. The molecule has 0 aromatic heterocycles. The van der Waals surface area contributed by atoms with Crippen molar-refractivity contribution in [3.8, 4) is 6.07 Å². The average Bonchev–Trinajstić information content (AvgIpc) is 2.09. The van der Waals surface area contributed by atoms with Crippen LogP contribution in [-0.2, 0) is 12.6 Å². The van der Waals surface area contributed by atoms with Gasteiger partial charge in [-0.15, -0.1) is 0 Å². The fraction of sp³-hybridized carbons (Fsp3) is 0.222. The van der Waals surface area contributed by atoms with Crippen LogP contribution in [0.25, 0.3) is 0 Å². The number of hydrogen-bond donors (Lipinski definition) is 0. The van der Waals surface area contributed by atoms with Gasteiger partial charge in [0.2, 0.25) is 0 Å². The molecule has 1 aromatic rings. The second kappa shape index (κ2) is 4.70. The Hall–Kier alpha value is -0.290. The first-order chi connectivity index (χ1) is 6.88. The Labute approximate surface area is 107 Å². The van der Waals surface area contributed by atoms with Crippen LogP contribution in [-0.4, -0.2) is 0 Å². The number of benzene rings is 1. The second-order valence-corrected chi connectivity index (χ2v) is 4.68. The molecule has 0 amide bonds. The van der Waals surface area contributed by atoms with E-state index < -0.39 is 11.7 Å². The summed E-state index contributed by atoms with van der Waals surface area (Å²) in [6.45, 7) is 0. The highest BCUT2D eigenvalue weighted by molar-refractivity contribution is 14.1. The van der Waals surface area contributed by atoms with Crippen molar-refractivity contribution in [1.82, 2.24) is 0 Å². The van der Waals surface area contributed by atoms with E-state index in [0.717, 1.165) is 6.07 Å². The Morgan fingerprint density at radius 2 is 2.00 bits per heavy atom. The molecule has 0 atom stereocenters. The summed E-state index contributed by atoms with van der Waals surface area (Å²) in [5, 5.41) is 8.51. The van der Waals surface area contributed by atoms with Crippen molar-refractivity contribution in [2.75, 3.05) is 0 Å². The van der Waals surface area contributed by atoms with Crippen LogP contribution in [0.3, 0.4) is 0 Å². The summed E-state index contributed by atoms with van der Waals surface area (Å²) < 4.78 is 38.1. The minimum atomic E-state index is -4.40. The SMILES string of the molecule is N#CCc1c(I)ccc(C(F)(F)F)c1Br. The van der Waals surface area contributed by atoms with Crippen LogP contribution in [0.4, 0.5) is 13.2 Å². The van der Waals surface area contributed by atoms with Gasteiger partial charge in [-0.25, -0.2) is 0 Å². The Balaban J connectivity index is 3.36. The van der Waals surface area contributed by atoms with E-state index >= 15 is 0 Å². The van der Waals surface area contributed by atoms with E-state index in [1.165, 1.54) is 6.07 Å². The van der Waals surface area contributed by atoms with Crippen LogP contribution in [0, 0.1) is 14.9 Å².